The van der Waals surface area contributed by atoms with Crippen LogP contribution in [0, 0.1) is 0 Å². The third kappa shape index (κ3) is 3.45. The molecule has 1 rings (SSSR count). The van der Waals surface area contributed by atoms with Crippen LogP contribution in [0.25, 0.3) is 0 Å². The molecule has 1 heterocycles. The number of hydrogen-bond donors (Lipinski definition) is 0. The molecule has 1 aliphatic rings. The van der Waals surface area contributed by atoms with Crippen LogP contribution in [0.15, 0.2) is 0 Å². The second kappa shape index (κ2) is 6.03. The first-order chi connectivity index (χ1) is 7.97. The normalized spacial score (nSPS) is 24.9. The van der Waals surface area contributed by atoms with E-state index in [0.29, 0.717) is 19.5 Å². The number of hydrogen-bond acceptors (Lipinski definition) is 2. The lowest BCUT2D eigenvalue weighted by atomic mass is 10.1. The van der Waals surface area contributed by atoms with E-state index < -0.39 is 0 Å². The Labute approximate surface area is 104 Å². The molecule has 2 amide bonds. The zero-order valence-electron chi connectivity index (χ0n) is 11.4. The smallest absolute Gasteiger partial charge is 0.222 e. The van der Waals surface area contributed by atoms with Crippen molar-refractivity contribution in [2.45, 2.75) is 59.0 Å². The van der Waals surface area contributed by atoms with Gasteiger partial charge in [0.15, 0.2) is 0 Å². The highest BCUT2D eigenvalue weighted by atomic mass is 16.2. The highest BCUT2D eigenvalue weighted by molar-refractivity contribution is 5.78. The summed E-state index contributed by atoms with van der Waals surface area (Å²) in [6.07, 6.45) is 2.63. The molecule has 2 atom stereocenters. The van der Waals surface area contributed by atoms with Crippen molar-refractivity contribution in [1.29, 1.82) is 0 Å². The first-order valence-electron chi connectivity index (χ1n) is 6.54. The second-order valence-corrected chi connectivity index (χ2v) is 5.02. The van der Waals surface area contributed by atoms with Crippen LogP contribution in [0.4, 0.5) is 0 Å². The largest absolute Gasteiger partial charge is 0.336 e. The third-order valence-electron chi connectivity index (χ3n) is 3.45. The van der Waals surface area contributed by atoms with Gasteiger partial charge in [0.1, 0.15) is 0 Å². The molecule has 0 bridgehead atoms. The van der Waals surface area contributed by atoms with Crippen molar-refractivity contribution >= 4 is 11.8 Å². The van der Waals surface area contributed by atoms with E-state index in [9.17, 15) is 9.59 Å². The lowest BCUT2D eigenvalue weighted by molar-refractivity contribution is -0.144. The Morgan fingerprint density at radius 3 is 2.18 bits per heavy atom. The van der Waals surface area contributed by atoms with Crippen molar-refractivity contribution in [2.75, 3.05) is 13.1 Å². The fraction of sp³-hybridized carbons (Fsp3) is 0.846. The average molecular weight is 240 g/mol. The molecule has 0 aromatic rings. The number of amides is 2. The Morgan fingerprint density at radius 2 is 1.65 bits per heavy atom. The predicted octanol–water partition coefficient (Wildman–Crippen LogP) is 1.64. The summed E-state index contributed by atoms with van der Waals surface area (Å²) < 4.78 is 0. The fourth-order valence-electron chi connectivity index (χ4n) is 2.38. The molecule has 4 heteroatoms. The fourth-order valence-corrected chi connectivity index (χ4v) is 2.38. The monoisotopic (exact) mass is 240 g/mol. The molecule has 0 saturated carbocycles. The third-order valence-corrected chi connectivity index (χ3v) is 3.45. The van der Waals surface area contributed by atoms with Gasteiger partial charge in [-0.15, -0.1) is 0 Å². The first-order valence-corrected chi connectivity index (χ1v) is 6.54. The van der Waals surface area contributed by atoms with Crippen LogP contribution < -0.4 is 0 Å². The zero-order chi connectivity index (χ0) is 13.0. The molecule has 17 heavy (non-hydrogen) atoms. The van der Waals surface area contributed by atoms with Gasteiger partial charge >= 0.3 is 0 Å². The molecular weight excluding hydrogens is 216 g/mol. The summed E-state index contributed by atoms with van der Waals surface area (Å²) in [6.45, 7) is 9.04. The Morgan fingerprint density at radius 1 is 1.12 bits per heavy atom. The van der Waals surface area contributed by atoms with E-state index in [-0.39, 0.29) is 23.9 Å². The molecule has 0 spiro atoms. The van der Waals surface area contributed by atoms with Crippen molar-refractivity contribution in [3.05, 3.63) is 0 Å². The van der Waals surface area contributed by atoms with E-state index >= 15 is 0 Å². The summed E-state index contributed by atoms with van der Waals surface area (Å²) in [4.78, 5) is 27.2. The number of piperazine rings is 1. The van der Waals surface area contributed by atoms with Gasteiger partial charge in [0.25, 0.3) is 0 Å². The number of rotatable bonds is 3. The molecule has 0 radical (unpaired) electrons. The predicted molar refractivity (Wildman–Crippen MR) is 67.5 cm³/mol. The standard InChI is InChI=1S/C13H24N2O2/c1-5-6-7-13(17)15-9-10(2)14(12(4)16)8-11(15)3/h10-11H,5-9H2,1-4H3. The van der Waals surface area contributed by atoms with Gasteiger partial charge in [-0.3, -0.25) is 9.59 Å². The lowest BCUT2D eigenvalue weighted by Gasteiger charge is -2.43. The Balaban J connectivity index is 2.60. The van der Waals surface area contributed by atoms with E-state index in [1.165, 1.54) is 0 Å². The molecule has 0 aromatic carbocycles. The van der Waals surface area contributed by atoms with Gasteiger partial charge < -0.3 is 9.80 Å². The summed E-state index contributed by atoms with van der Waals surface area (Å²) in [5.74, 6) is 0.333. The summed E-state index contributed by atoms with van der Waals surface area (Å²) in [5.41, 5.74) is 0. The van der Waals surface area contributed by atoms with Gasteiger partial charge in [0.05, 0.1) is 0 Å². The minimum Gasteiger partial charge on any atom is -0.336 e. The molecule has 0 aliphatic carbocycles. The minimum absolute atomic E-state index is 0.102. The van der Waals surface area contributed by atoms with Gasteiger partial charge in [0, 0.05) is 38.5 Å². The average Bonchev–Trinajstić information content (AvgIpc) is 2.28. The summed E-state index contributed by atoms with van der Waals surface area (Å²) in [6, 6.07) is 0.272. The summed E-state index contributed by atoms with van der Waals surface area (Å²) in [7, 11) is 0. The van der Waals surface area contributed by atoms with E-state index in [2.05, 4.69) is 6.92 Å². The van der Waals surface area contributed by atoms with E-state index in [1.54, 1.807) is 6.92 Å². The topological polar surface area (TPSA) is 40.6 Å². The van der Waals surface area contributed by atoms with Crippen LogP contribution in [-0.4, -0.2) is 46.8 Å². The maximum absolute atomic E-state index is 12.0. The van der Waals surface area contributed by atoms with Gasteiger partial charge in [-0.1, -0.05) is 13.3 Å². The molecule has 1 aliphatic heterocycles. The number of carbonyl (C=O) groups excluding carboxylic acids is 2. The van der Waals surface area contributed by atoms with Crippen molar-refractivity contribution in [3.8, 4) is 0 Å². The number of carbonyl (C=O) groups is 2. The highest BCUT2D eigenvalue weighted by Crippen LogP contribution is 2.17. The second-order valence-electron chi connectivity index (χ2n) is 5.02. The zero-order valence-corrected chi connectivity index (χ0v) is 11.4. The quantitative estimate of drug-likeness (QED) is 0.752. The Bertz CT molecular complexity index is 291. The van der Waals surface area contributed by atoms with Crippen LogP contribution >= 0.6 is 0 Å². The van der Waals surface area contributed by atoms with Gasteiger partial charge in [-0.25, -0.2) is 0 Å². The van der Waals surface area contributed by atoms with Crippen LogP contribution in [0.5, 0.6) is 0 Å². The maximum Gasteiger partial charge on any atom is 0.222 e. The summed E-state index contributed by atoms with van der Waals surface area (Å²) in [5, 5.41) is 0. The molecule has 1 saturated heterocycles. The maximum atomic E-state index is 12.0. The van der Waals surface area contributed by atoms with Crippen molar-refractivity contribution < 1.29 is 9.59 Å². The van der Waals surface area contributed by atoms with Crippen LogP contribution in [0.2, 0.25) is 0 Å². The van der Waals surface area contributed by atoms with Gasteiger partial charge in [0.2, 0.25) is 11.8 Å². The van der Waals surface area contributed by atoms with E-state index in [4.69, 9.17) is 0 Å². The molecule has 4 nitrogen and oxygen atoms in total. The van der Waals surface area contributed by atoms with E-state index in [1.807, 2.05) is 23.6 Å². The lowest BCUT2D eigenvalue weighted by Crippen LogP contribution is -2.59. The van der Waals surface area contributed by atoms with Crippen LogP contribution in [0.1, 0.15) is 47.0 Å². The van der Waals surface area contributed by atoms with Crippen molar-refractivity contribution in [1.82, 2.24) is 9.80 Å². The first kappa shape index (κ1) is 14.0. The van der Waals surface area contributed by atoms with Gasteiger partial charge in [-0.2, -0.15) is 0 Å². The number of unbranched alkanes of at least 4 members (excludes halogenated alkanes) is 1. The van der Waals surface area contributed by atoms with Crippen LogP contribution in [0.3, 0.4) is 0 Å². The molecule has 0 N–H and O–H groups in total. The Kier molecular flexibility index (Phi) is 4.97. The van der Waals surface area contributed by atoms with Crippen LogP contribution in [-0.2, 0) is 9.59 Å². The number of nitrogens with zero attached hydrogens (tertiary/aromatic N) is 2. The van der Waals surface area contributed by atoms with Crippen molar-refractivity contribution in [3.63, 3.8) is 0 Å². The Hall–Kier alpha value is -1.06. The molecule has 2 unspecified atom stereocenters. The highest BCUT2D eigenvalue weighted by Gasteiger charge is 2.32. The molecule has 98 valence electrons. The van der Waals surface area contributed by atoms with E-state index in [0.717, 1.165) is 12.8 Å². The van der Waals surface area contributed by atoms with Gasteiger partial charge in [-0.05, 0) is 20.3 Å². The molecular formula is C13H24N2O2. The summed E-state index contributed by atoms with van der Waals surface area (Å²) >= 11 is 0. The SMILES string of the molecule is CCCCC(=O)N1CC(C)N(C(C)=O)CC1C. The molecule has 1 fully saturated rings. The minimum atomic E-state index is 0.102. The molecule has 0 aromatic heterocycles. The van der Waals surface area contributed by atoms with Crippen molar-refractivity contribution in [2.24, 2.45) is 0 Å².